The zero-order valence-corrected chi connectivity index (χ0v) is 14.8. The Morgan fingerprint density at radius 1 is 1.04 bits per heavy atom. The van der Waals surface area contributed by atoms with E-state index in [-0.39, 0.29) is 11.7 Å². The Labute approximate surface area is 149 Å². The number of methoxy groups -OCH3 is 1. The first-order valence-corrected chi connectivity index (χ1v) is 9.33. The molecule has 2 atom stereocenters. The molecule has 3 heteroatoms. The summed E-state index contributed by atoms with van der Waals surface area (Å²) in [6.07, 6.45) is 2.49. The maximum Gasteiger partial charge on any atom is 0.170 e. The molecule has 3 nitrogen and oxygen atoms in total. The molecule has 0 amide bonds. The number of ether oxygens (including phenoxy) is 1. The van der Waals surface area contributed by atoms with Crippen LogP contribution in [0.25, 0.3) is 0 Å². The second-order valence-corrected chi connectivity index (χ2v) is 7.41. The summed E-state index contributed by atoms with van der Waals surface area (Å²) < 4.78 is 5.62. The predicted octanol–water partition coefficient (Wildman–Crippen LogP) is 2.59. The number of carbonyl (C=O) groups is 1. The average Bonchev–Trinajstić information content (AvgIpc) is 2.70. The number of para-hydroxylation sites is 1. The van der Waals surface area contributed by atoms with Gasteiger partial charge in [-0.25, -0.2) is 0 Å². The van der Waals surface area contributed by atoms with Crippen LogP contribution < -0.4 is 9.64 Å². The largest absolute Gasteiger partial charge is 0.496 e. The van der Waals surface area contributed by atoms with Crippen LogP contribution in [0.4, 0.5) is 0 Å². The van der Waals surface area contributed by atoms with E-state index in [0.717, 1.165) is 23.4 Å². The minimum absolute atomic E-state index is 0.112. The second kappa shape index (κ2) is 7.01. The number of quaternary nitrogens is 1. The number of hydrogen-bond donors (Lipinski definition) is 1. The SMILES string of the molecule is COc1ccccc1[C@H](C(=O)c1ccccc1)[C@@H]1C[NH+]2CCC1CC2. The zero-order chi connectivity index (χ0) is 17.2. The number of Topliss-reactive ketones (excluding diaryl/α,β-unsaturated/α-hetero) is 1. The molecule has 0 saturated carbocycles. The molecule has 3 aliphatic heterocycles. The van der Waals surface area contributed by atoms with E-state index in [1.54, 1.807) is 12.0 Å². The molecule has 2 bridgehead atoms. The summed E-state index contributed by atoms with van der Waals surface area (Å²) in [4.78, 5) is 15.2. The van der Waals surface area contributed by atoms with Crippen molar-refractivity contribution in [3.63, 3.8) is 0 Å². The molecule has 3 fully saturated rings. The number of hydrogen-bond acceptors (Lipinski definition) is 2. The molecule has 3 heterocycles. The maximum atomic E-state index is 13.5. The van der Waals surface area contributed by atoms with Gasteiger partial charge >= 0.3 is 0 Å². The second-order valence-electron chi connectivity index (χ2n) is 7.41. The van der Waals surface area contributed by atoms with E-state index < -0.39 is 0 Å². The molecule has 2 aromatic carbocycles. The van der Waals surface area contributed by atoms with Crippen molar-refractivity contribution < 1.29 is 14.4 Å². The summed E-state index contributed by atoms with van der Waals surface area (Å²) in [5.41, 5.74) is 1.86. The van der Waals surface area contributed by atoms with E-state index >= 15 is 0 Å². The Kier molecular flexibility index (Phi) is 4.58. The fourth-order valence-corrected chi connectivity index (χ4v) is 4.84. The summed E-state index contributed by atoms with van der Waals surface area (Å²) in [7, 11) is 1.70. The molecule has 0 aliphatic carbocycles. The van der Waals surface area contributed by atoms with Crippen LogP contribution in [-0.4, -0.2) is 32.5 Å². The number of fused-ring (bicyclic) bond motifs is 3. The van der Waals surface area contributed by atoms with Gasteiger partial charge in [0.05, 0.1) is 32.7 Å². The molecule has 0 aromatic heterocycles. The van der Waals surface area contributed by atoms with Crippen LogP contribution in [0.3, 0.4) is 0 Å². The smallest absolute Gasteiger partial charge is 0.170 e. The van der Waals surface area contributed by atoms with Crippen molar-refractivity contribution in [1.82, 2.24) is 0 Å². The van der Waals surface area contributed by atoms with E-state index in [4.69, 9.17) is 4.74 Å². The molecule has 1 N–H and O–H groups in total. The quantitative estimate of drug-likeness (QED) is 0.851. The third kappa shape index (κ3) is 3.09. The third-order valence-electron chi connectivity index (χ3n) is 6.11. The number of rotatable bonds is 5. The van der Waals surface area contributed by atoms with Crippen LogP contribution in [0.15, 0.2) is 54.6 Å². The van der Waals surface area contributed by atoms with Gasteiger partial charge in [0.15, 0.2) is 5.78 Å². The Bertz CT molecular complexity index is 735. The molecule has 2 aromatic rings. The summed E-state index contributed by atoms with van der Waals surface area (Å²) in [5, 5.41) is 0. The number of nitrogens with one attached hydrogen (secondary N) is 1. The summed E-state index contributed by atoms with van der Waals surface area (Å²) in [6, 6.07) is 17.8. The van der Waals surface area contributed by atoms with Gasteiger partial charge in [0.2, 0.25) is 0 Å². The van der Waals surface area contributed by atoms with Crippen molar-refractivity contribution in [2.24, 2.45) is 11.8 Å². The number of piperidine rings is 3. The highest BCUT2D eigenvalue weighted by Crippen LogP contribution is 2.41. The van der Waals surface area contributed by atoms with Crippen LogP contribution in [0, 0.1) is 11.8 Å². The normalized spacial score (nSPS) is 26.2. The highest BCUT2D eigenvalue weighted by Gasteiger charge is 2.45. The molecular formula is C22H26NO2+. The topological polar surface area (TPSA) is 30.7 Å². The zero-order valence-electron chi connectivity index (χ0n) is 14.8. The molecule has 0 spiro atoms. The van der Waals surface area contributed by atoms with Crippen molar-refractivity contribution in [1.29, 1.82) is 0 Å². The first-order valence-electron chi connectivity index (χ1n) is 9.33. The monoisotopic (exact) mass is 336 g/mol. The van der Waals surface area contributed by atoms with Gasteiger partial charge in [0, 0.05) is 29.9 Å². The lowest BCUT2D eigenvalue weighted by Crippen LogP contribution is -3.16. The Hall–Kier alpha value is -2.13. The van der Waals surface area contributed by atoms with Gasteiger partial charge in [-0.3, -0.25) is 4.79 Å². The van der Waals surface area contributed by atoms with Crippen LogP contribution in [-0.2, 0) is 0 Å². The fourth-order valence-electron chi connectivity index (χ4n) is 4.84. The van der Waals surface area contributed by atoms with Gasteiger partial charge in [-0.15, -0.1) is 0 Å². The molecule has 5 rings (SSSR count). The lowest BCUT2D eigenvalue weighted by molar-refractivity contribution is -0.921. The highest BCUT2D eigenvalue weighted by molar-refractivity contribution is 6.01. The van der Waals surface area contributed by atoms with Crippen LogP contribution >= 0.6 is 0 Å². The maximum absolute atomic E-state index is 13.5. The summed E-state index contributed by atoms with van der Waals surface area (Å²) in [6.45, 7) is 3.63. The van der Waals surface area contributed by atoms with Gasteiger partial charge in [-0.05, 0) is 12.0 Å². The summed E-state index contributed by atoms with van der Waals surface area (Å²) >= 11 is 0. The van der Waals surface area contributed by atoms with Crippen LogP contribution in [0.2, 0.25) is 0 Å². The lowest BCUT2D eigenvalue weighted by atomic mass is 9.68. The van der Waals surface area contributed by atoms with Gasteiger partial charge in [-0.1, -0.05) is 48.5 Å². The standard InChI is InChI=1S/C22H25NO2/c1-25-20-10-6-5-9-18(20)21(22(24)17-7-3-2-4-8-17)19-15-23-13-11-16(19)12-14-23/h2-10,16,19,21H,11-15H2,1H3/p+1/t19-,21+/m1/s1. The van der Waals surface area contributed by atoms with Crippen LogP contribution in [0.1, 0.15) is 34.7 Å². The third-order valence-corrected chi connectivity index (χ3v) is 6.11. The van der Waals surface area contributed by atoms with Gasteiger partial charge in [-0.2, -0.15) is 0 Å². The first-order chi connectivity index (χ1) is 12.3. The molecule has 0 radical (unpaired) electrons. The van der Waals surface area contributed by atoms with E-state index in [0.29, 0.717) is 11.8 Å². The molecule has 25 heavy (non-hydrogen) atoms. The molecule has 3 saturated heterocycles. The van der Waals surface area contributed by atoms with E-state index in [2.05, 4.69) is 6.07 Å². The molecular weight excluding hydrogens is 310 g/mol. The fraction of sp³-hybridized carbons (Fsp3) is 0.409. The van der Waals surface area contributed by atoms with Crippen LogP contribution in [0.5, 0.6) is 5.75 Å². The van der Waals surface area contributed by atoms with Gasteiger partial charge < -0.3 is 9.64 Å². The summed E-state index contributed by atoms with van der Waals surface area (Å²) in [5.74, 6) is 2.02. The minimum atomic E-state index is -0.112. The molecule has 0 unspecified atom stereocenters. The Morgan fingerprint density at radius 2 is 1.72 bits per heavy atom. The van der Waals surface area contributed by atoms with Crippen molar-refractivity contribution in [2.75, 3.05) is 26.7 Å². The number of benzene rings is 2. The van der Waals surface area contributed by atoms with Gasteiger partial charge in [0.1, 0.15) is 5.75 Å². The van der Waals surface area contributed by atoms with Crippen molar-refractivity contribution in [3.8, 4) is 5.75 Å². The van der Waals surface area contributed by atoms with Crippen molar-refractivity contribution >= 4 is 5.78 Å². The minimum Gasteiger partial charge on any atom is -0.496 e. The Balaban J connectivity index is 1.77. The van der Waals surface area contributed by atoms with E-state index in [1.165, 1.54) is 25.9 Å². The number of carbonyl (C=O) groups excluding carboxylic acids is 1. The Morgan fingerprint density at radius 3 is 2.36 bits per heavy atom. The van der Waals surface area contributed by atoms with E-state index in [1.807, 2.05) is 48.5 Å². The van der Waals surface area contributed by atoms with E-state index in [9.17, 15) is 4.79 Å². The molecule has 3 aliphatic rings. The molecule has 130 valence electrons. The first kappa shape index (κ1) is 16.3. The average molecular weight is 336 g/mol. The number of ketones is 1. The lowest BCUT2D eigenvalue weighted by Gasteiger charge is -2.44. The highest BCUT2D eigenvalue weighted by atomic mass is 16.5. The van der Waals surface area contributed by atoms with Crippen molar-refractivity contribution in [3.05, 3.63) is 65.7 Å². The predicted molar refractivity (Wildman–Crippen MR) is 98.3 cm³/mol. The van der Waals surface area contributed by atoms with Crippen molar-refractivity contribution in [2.45, 2.75) is 18.8 Å². The van der Waals surface area contributed by atoms with Gasteiger partial charge in [0.25, 0.3) is 0 Å².